The molecule has 1 fully saturated rings. The fraction of sp³-hybridized carbons (Fsp3) is 1.00. The number of nitrogens with two attached hydrogens (primary N) is 2. The van der Waals surface area contributed by atoms with Crippen LogP contribution in [0.15, 0.2) is 0 Å². The normalized spacial score (nSPS) is 45.8. The molecule has 1 aliphatic heterocycles. The Labute approximate surface area is 64.9 Å². The molecule has 5 nitrogen and oxygen atoms in total. The van der Waals surface area contributed by atoms with Gasteiger partial charge in [-0.25, -0.2) is 0 Å². The molecule has 0 aromatic rings. The molecule has 0 saturated carbocycles. The second-order valence-electron chi connectivity index (χ2n) is 2.77. The van der Waals surface area contributed by atoms with Gasteiger partial charge in [0.25, 0.3) is 0 Å². The highest BCUT2D eigenvalue weighted by Crippen LogP contribution is 2.16. The Bertz CT molecular complexity index is 133. The van der Waals surface area contributed by atoms with E-state index in [1.54, 1.807) is 0 Å². The third-order valence-electron chi connectivity index (χ3n) is 1.86. The molecule has 11 heavy (non-hydrogen) atoms. The summed E-state index contributed by atoms with van der Waals surface area (Å²) >= 11 is 0. The van der Waals surface area contributed by atoms with Crippen molar-refractivity contribution in [3.05, 3.63) is 0 Å². The minimum absolute atomic E-state index is 0.199. The molecule has 0 radical (unpaired) electrons. The average Bonchev–Trinajstić information content (AvgIpc) is 1.97. The Morgan fingerprint density at radius 3 is 2.64 bits per heavy atom. The van der Waals surface area contributed by atoms with Gasteiger partial charge in [0.2, 0.25) is 0 Å². The minimum Gasteiger partial charge on any atom is -0.390 e. The van der Waals surface area contributed by atoms with Gasteiger partial charge >= 0.3 is 0 Å². The zero-order valence-corrected chi connectivity index (χ0v) is 6.18. The van der Waals surface area contributed by atoms with Gasteiger partial charge in [-0.15, -0.1) is 0 Å². The molecule has 0 bridgehead atoms. The predicted molar refractivity (Wildman–Crippen MR) is 38.5 cm³/mol. The summed E-state index contributed by atoms with van der Waals surface area (Å²) in [5.74, 6) is 0. The molecule has 66 valence electrons. The van der Waals surface area contributed by atoms with Crippen LogP contribution in [0.25, 0.3) is 0 Å². The molecule has 1 aliphatic rings. The van der Waals surface area contributed by atoms with Crippen LogP contribution < -0.4 is 11.5 Å². The van der Waals surface area contributed by atoms with Crippen molar-refractivity contribution in [3.63, 3.8) is 0 Å². The summed E-state index contributed by atoms with van der Waals surface area (Å²) in [5, 5.41) is 18.3. The molecule has 1 heterocycles. The Kier molecular flexibility index (Phi) is 2.80. The van der Waals surface area contributed by atoms with E-state index in [9.17, 15) is 5.11 Å². The van der Waals surface area contributed by atoms with Crippen LogP contribution in [0, 0.1) is 0 Å². The maximum absolute atomic E-state index is 9.26. The van der Waals surface area contributed by atoms with Crippen molar-refractivity contribution in [2.24, 2.45) is 11.5 Å². The lowest BCUT2D eigenvalue weighted by atomic mass is 10.0. The van der Waals surface area contributed by atoms with Gasteiger partial charge in [0.1, 0.15) is 0 Å². The molecule has 0 aliphatic carbocycles. The van der Waals surface area contributed by atoms with E-state index in [0.29, 0.717) is 6.42 Å². The molecule has 1 saturated heterocycles. The Hall–Kier alpha value is -0.200. The summed E-state index contributed by atoms with van der Waals surface area (Å²) in [6.07, 6.45) is -1.79. The fourth-order valence-corrected chi connectivity index (χ4v) is 1.13. The number of hydrogen-bond acceptors (Lipinski definition) is 5. The van der Waals surface area contributed by atoms with E-state index >= 15 is 0 Å². The number of rotatable bonds is 1. The monoisotopic (exact) mass is 162 g/mol. The molecule has 0 amide bonds. The quantitative estimate of drug-likeness (QED) is 0.348. The van der Waals surface area contributed by atoms with Crippen molar-refractivity contribution in [3.8, 4) is 0 Å². The van der Waals surface area contributed by atoms with Crippen LogP contribution >= 0.6 is 0 Å². The van der Waals surface area contributed by atoms with Crippen molar-refractivity contribution in [1.29, 1.82) is 0 Å². The summed E-state index contributed by atoms with van der Waals surface area (Å²) in [4.78, 5) is 0. The van der Waals surface area contributed by atoms with Crippen molar-refractivity contribution in [2.75, 3.05) is 6.54 Å². The highest BCUT2D eigenvalue weighted by atomic mass is 16.6. The second kappa shape index (κ2) is 3.46. The van der Waals surface area contributed by atoms with Gasteiger partial charge in [-0.05, 0) is 6.42 Å². The summed E-state index contributed by atoms with van der Waals surface area (Å²) in [6.45, 7) is 0.199. The summed E-state index contributed by atoms with van der Waals surface area (Å²) in [6, 6.07) is -0.507. The highest BCUT2D eigenvalue weighted by molar-refractivity contribution is 4.82. The minimum atomic E-state index is -0.994. The van der Waals surface area contributed by atoms with E-state index in [0.717, 1.165) is 0 Å². The first-order chi connectivity index (χ1) is 5.15. The van der Waals surface area contributed by atoms with E-state index in [1.165, 1.54) is 0 Å². The molecule has 5 heteroatoms. The number of aliphatic hydroxyl groups excluding tert-OH is 2. The maximum Gasteiger partial charge on any atom is 0.170 e. The van der Waals surface area contributed by atoms with Crippen LogP contribution in [0.5, 0.6) is 0 Å². The zero-order chi connectivity index (χ0) is 8.43. The largest absolute Gasteiger partial charge is 0.390 e. The van der Waals surface area contributed by atoms with Crippen LogP contribution in [0.2, 0.25) is 0 Å². The maximum atomic E-state index is 9.26. The Morgan fingerprint density at radius 2 is 2.09 bits per heavy atom. The van der Waals surface area contributed by atoms with Crippen LogP contribution in [0.3, 0.4) is 0 Å². The van der Waals surface area contributed by atoms with Gasteiger partial charge in [0.15, 0.2) is 6.29 Å². The number of ether oxygens (including phenoxy) is 1. The number of hydrogen-bond donors (Lipinski definition) is 4. The first kappa shape index (κ1) is 8.89. The molecule has 0 aromatic carbocycles. The molecule has 6 N–H and O–H groups in total. The second-order valence-corrected chi connectivity index (χ2v) is 2.77. The predicted octanol–water partition coefficient (Wildman–Crippen LogP) is -2.26. The highest BCUT2D eigenvalue weighted by Gasteiger charge is 2.33. The molecule has 2 unspecified atom stereocenters. The van der Waals surface area contributed by atoms with E-state index < -0.39 is 24.5 Å². The lowest BCUT2D eigenvalue weighted by Gasteiger charge is -2.34. The molecular formula is C6H14N2O3. The number of aliphatic hydroxyl groups is 2. The Balaban J connectivity index is 2.48. The summed E-state index contributed by atoms with van der Waals surface area (Å²) in [5.41, 5.74) is 10.7. The van der Waals surface area contributed by atoms with Gasteiger partial charge in [0.05, 0.1) is 18.2 Å². The lowest BCUT2D eigenvalue weighted by Crippen LogP contribution is -2.53. The van der Waals surface area contributed by atoms with Gasteiger partial charge in [-0.2, -0.15) is 0 Å². The average molecular weight is 162 g/mol. The van der Waals surface area contributed by atoms with Gasteiger partial charge in [-0.3, -0.25) is 0 Å². The van der Waals surface area contributed by atoms with Crippen molar-refractivity contribution >= 4 is 0 Å². The first-order valence-electron chi connectivity index (χ1n) is 3.62. The molecule has 0 aromatic heterocycles. The van der Waals surface area contributed by atoms with E-state index in [2.05, 4.69) is 0 Å². The van der Waals surface area contributed by atoms with E-state index in [4.69, 9.17) is 21.3 Å². The smallest absolute Gasteiger partial charge is 0.170 e. The van der Waals surface area contributed by atoms with Crippen molar-refractivity contribution in [1.82, 2.24) is 0 Å². The van der Waals surface area contributed by atoms with Crippen molar-refractivity contribution < 1.29 is 14.9 Å². The van der Waals surface area contributed by atoms with Crippen LogP contribution in [-0.4, -0.2) is 41.3 Å². The first-order valence-corrected chi connectivity index (χ1v) is 3.62. The van der Waals surface area contributed by atoms with Gasteiger partial charge < -0.3 is 26.4 Å². The zero-order valence-electron chi connectivity index (χ0n) is 6.18. The standard InChI is InChI=1S/C6H14N2O3/c7-2-5-4(9)1-3(8)6(10)11-5/h3-6,9-10H,1-2,7-8H2/t3-,4+,5?,6?/m1/s1. The fourth-order valence-electron chi connectivity index (χ4n) is 1.13. The van der Waals surface area contributed by atoms with E-state index in [-0.39, 0.29) is 6.54 Å². The van der Waals surface area contributed by atoms with Crippen LogP contribution in [0.4, 0.5) is 0 Å². The van der Waals surface area contributed by atoms with E-state index in [1.807, 2.05) is 0 Å². The molecular weight excluding hydrogens is 148 g/mol. The lowest BCUT2D eigenvalue weighted by molar-refractivity contribution is -0.204. The van der Waals surface area contributed by atoms with Crippen LogP contribution in [0.1, 0.15) is 6.42 Å². The Morgan fingerprint density at radius 1 is 1.45 bits per heavy atom. The molecule has 0 spiro atoms. The van der Waals surface area contributed by atoms with Gasteiger partial charge in [0, 0.05) is 6.54 Å². The summed E-state index contributed by atoms with van der Waals surface area (Å²) < 4.78 is 4.92. The van der Waals surface area contributed by atoms with Crippen molar-refractivity contribution in [2.45, 2.75) is 31.0 Å². The third kappa shape index (κ3) is 1.88. The molecule has 1 rings (SSSR count). The topological polar surface area (TPSA) is 102 Å². The molecule has 4 atom stereocenters. The van der Waals surface area contributed by atoms with Crippen LogP contribution in [-0.2, 0) is 4.74 Å². The summed E-state index contributed by atoms with van der Waals surface area (Å²) in [7, 11) is 0. The third-order valence-corrected chi connectivity index (χ3v) is 1.86. The SMILES string of the molecule is NCC1OC(O)[C@H](N)C[C@@H]1O. The van der Waals surface area contributed by atoms with Gasteiger partial charge in [-0.1, -0.05) is 0 Å².